The Hall–Kier alpha value is -3.13. The maximum atomic E-state index is 12.1. The van der Waals surface area contributed by atoms with Crippen molar-refractivity contribution in [1.82, 2.24) is 10.2 Å². The lowest BCUT2D eigenvalue weighted by Crippen LogP contribution is -2.14. The fourth-order valence-electron chi connectivity index (χ4n) is 2.37. The number of esters is 1. The van der Waals surface area contributed by atoms with Crippen LogP contribution in [-0.2, 0) is 9.53 Å². The maximum absolute atomic E-state index is 12.1. The molecule has 0 aliphatic carbocycles. The predicted octanol–water partition coefficient (Wildman–Crippen LogP) is 4.34. The maximum Gasteiger partial charge on any atom is 0.338 e. The average molecular weight is 411 g/mol. The molecule has 1 heterocycles. The number of ether oxygens (including phenoxy) is 1. The molecule has 0 atom stereocenters. The largest absolute Gasteiger partial charge is 0.462 e. The molecule has 0 fully saturated rings. The summed E-state index contributed by atoms with van der Waals surface area (Å²) in [5, 5.41) is 11.1. The molecule has 0 saturated carbocycles. The molecule has 2 aromatic carbocycles. The number of benzene rings is 2. The van der Waals surface area contributed by atoms with Crippen LogP contribution in [0.15, 0.2) is 58.2 Å². The van der Waals surface area contributed by atoms with Gasteiger partial charge in [-0.2, -0.15) is 0 Å². The highest BCUT2D eigenvalue weighted by Crippen LogP contribution is 2.23. The van der Waals surface area contributed by atoms with E-state index in [0.717, 1.165) is 29.3 Å². The first-order chi connectivity index (χ1) is 14.0. The normalized spacial score (nSPS) is 10.6. The van der Waals surface area contributed by atoms with Gasteiger partial charge in [-0.1, -0.05) is 36.4 Å². The van der Waals surface area contributed by atoms with E-state index in [4.69, 9.17) is 9.15 Å². The Balaban J connectivity index is 1.50. The standard InChI is InChI=1S/C21H21N3O4S/c1-3-12-27-20(26)16-8-10-17(11-9-16)22-18(25)13-29-21-24-23-19(28-21)15-6-4-14(2)5-7-15/h4-11H,3,12-13H2,1-2H3,(H,22,25). The summed E-state index contributed by atoms with van der Waals surface area (Å²) in [6, 6.07) is 14.3. The van der Waals surface area contributed by atoms with Crippen LogP contribution in [0, 0.1) is 6.92 Å². The van der Waals surface area contributed by atoms with Gasteiger partial charge in [-0.15, -0.1) is 10.2 Å². The van der Waals surface area contributed by atoms with Crippen molar-refractivity contribution in [2.75, 3.05) is 17.7 Å². The molecule has 0 spiro atoms. The van der Waals surface area contributed by atoms with E-state index in [0.29, 0.717) is 29.0 Å². The highest BCUT2D eigenvalue weighted by molar-refractivity contribution is 7.99. The number of hydrogen-bond donors (Lipinski definition) is 1. The number of amides is 1. The number of aryl methyl sites for hydroxylation is 1. The van der Waals surface area contributed by atoms with E-state index < -0.39 is 0 Å². The first-order valence-corrected chi connectivity index (χ1v) is 10.1. The van der Waals surface area contributed by atoms with Crippen LogP contribution < -0.4 is 5.32 Å². The van der Waals surface area contributed by atoms with Crippen LogP contribution in [0.25, 0.3) is 11.5 Å². The number of anilines is 1. The van der Waals surface area contributed by atoms with Crippen LogP contribution in [0.1, 0.15) is 29.3 Å². The van der Waals surface area contributed by atoms with E-state index >= 15 is 0 Å². The van der Waals surface area contributed by atoms with E-state index in [9.17, 15) is 9.59 Å². The monoisotopic (exact) mass is 411 g/mol. The highest BCUT2D eigenvalue weighted by atomic mass is 32.2. The lowest BCUT2D eigenvalue weighted by molar-refractivity contribution is -0.113. The Morgan fingerprint density at radius 2 is 1.79 bits per heavy atom. The zero-order chi connectivity index (χ0) is 20.6. The van der Waals surface area contributed by atoms with E-state index in [1.807, 2.05) is 38.1 Å². The molecule has 0 radical (unpaired) electrons. The fourth-order valence-corrected chi connectivity index (χ4v) is 2.94. The number of rotatable bonds is 8. The Morgan fingerprint density at radius 1 is 1.07 bits per heavy atom. The highest BCUT2D eigenvalue weighted by Gasteiger charge is 2.12. The van der Waals surface area contributed by atoms with Crippen LogP contribution in [0.2, 0.25) is 0 Å². The van der Waals surface area contributed by atoms with Crippen molar-refractivity contribution < 1.29 is 18.7 Å². The van der Waals surface area contributed by atoms with Crippen molar-refractivity contribution in [3.8, 4) is 11.5 Å². The number of thioether (sulfide) groups is 1. The van der Waals surface area contributed by atoms with Gasteiger partial charge in [-0.05, 0) is 49.7 Å². The van der Waals surface area contributed by atoms with Crippen molar-refractivity contribution in [3.63, 3.8) is 0 Å². The summed E-state index contributed by atoms with van der Waals surface area (Å²) in [6.45, 7) is 4.32. The molecule has 29 heavy (non-hydrogen) atoms. The summed E-state index contributed by atoms with van der Waals surface area (Å²) in [7, 11) is 0. The second-order valence-corrected chi connectivity index (χ2v) is 7.22. The smallest absolute Gasteiger partial charge is 0.338 e. The zero-order valence-electron chi connectivity index (χ0n) is 16.2. The second-order valence-electron chi connectivity index (χ2n) is 6.29. The quantitative estimate of drug-likeness (QED) is 0.435. The van der Waals surface area contributed by atoms with Gasteiger partial charge in [0.25, 0.3) is 5.22 Å². The van der Waals surface area contributed by atoms with Crippen molar-refractivity contribution >= 4 is 29.3 Å². The molecule has 1 aromatic heterocycles. The molecule has 3 rings (SSSR count). The fraction of sp³-hybridized carbons (Fsp3) is 0.238. The molecular formula is C21H21N3O4S. The summed E-state index contributed by atoms with van der Waals surface area (Å²) in [6.07, 6.45) is 0.768. The summed E-state index contributed by atoms with van der Waals surface area (Å²) in [5.74, 6) is -0.0542. The van der Waals surface area contributed by atoms with Crippen molar-refractivity contribution in [3.05, 3.63) is 59.7 Å². The third-order valence-corrected chi connectivity index (χ3v) is 4.69. The second kappa shape index (κ2) is 9.88. The first kappa shape index (κ1) is 20.6. The molecule has 0 aliphatic rings. The third kappa shape index (κ3) is 5.92. The molecule has 0 unspecified atom stereocenters. The summed E-state index contributed by atoms with van der Waals surface area (Å²) in [4.78, 5) is 23.9. The summed E-state index contributed by atoms with van der Waals surface area (Å²) < 4.78 is 10.7. The van der Waals surface area contributed by atoms with Crippen molar-refractivity contribution in [2.24, 2.45) is 0 Å². The van der Waals surface area contributed by atoms with E-state index in [1.165, 1.54) is 0 Å². The van der Waals surface area contributed by atoms with Gasteiger partial charge >= 0.3 is 5.97 Å². The molecule has 7 nitrogen and oxygen atoms in total. The van der Waals surface area contributed by atoms with Crippen LogP contribution in [-0.4, -0.2) is 34.4 Å². The van der Waals surface area contributed by atoms with Gasteiger partial charge in [-0.3, -0.25) is 4.79 Å². The Bertz CT molecular complexity index is 968. The Morgan fingerprint density at radius 3 is 2.48 bits per heavy atom. The molecular weight excluding hydrogens is 390 g/mol. The lowest BCUT2D eigenvalue weighted by Gasteiger charge is -2.06. The van der Waals surface area contributed by atoms with Gasteiger partial charge in [0.15, 0.2) is 0 Å². The molecule has 150 valence electrons. The molecule has 0 bridgehead atoms. The molecule has 3 aromatic rings. The summed E-state index contributed by atoms with van der Waals surface area (Å²) in [5.41, 5.74) is 3.01. The molecule has 8 heteroatoms. The number of nitrogens with zero attached hydrogens (tertiary/aromatic N) is 2. The van der Waals surface area contributed by atoms with E-state index in [2.05, 4.69) is 15.5 Å². The van der Waals surface area contributed by atoms with Gasteiger partial charge in [0.05, 0.1) is 17.9 Å². The van der Waals surface area contributed by atoms with Crippen molar-refractivity contribution in [1.29, 1.82) is 0 Å². The molecule has 1 N–H and O–H groups in total. The minimum absolute atomic E-state index is 0.121. The van der Waals surface area contributed by atoms with Gasteiger partial charge in [0, 0.05) is 11.3 Å². The number of aromatic nitrogens is 2. The average Bonchev–Trinajstić information content (AvgIpc) is 3.20. The third-order valence-electron chi connectivity index (χ3n) is 3.87. The van der Waals surface area contributed by atoms with Crippen LogP contribution in [0.3, 0.4) is 0 Å². The number of nitrogens with one attached hydrogen (secondary N) is 1. The number of carbonyl (C=O) groups is 2. The van der Waals surface area contributed by atoms with Gasteiger partial charge in [-0.25, -0.2) is 4.79 Å². The minimum Gasteiger partial charge on any atom is -0.462 e. The molecule has 0 saturated heterocycles. The minimum atomic E-state index is -0.374. The summed E-state index contributed by atoms with van der Waals surface area (Å²) >= 11 is 1.16. The van der Waals surface area contributed by atoms with Crippen LogP contribution >= 0.6 is 11.8 Å². The zero-order valence-corrected chi connectivity index (χ0v) is 17.0. The van der Waals surface area contributed by atoms with E-state index in [-0.39, 0.29) is 17.6 Å². The topological polar surface area (TPSA) is 94.3 Å². The molecule has 1 amide bonds. The van der Waals surface area contributed by atoms with Crippen LogP contribution in [0.4, 0.5) is 5.69 Å². The molecule has 0 aliphatic heterocycles. The SMILES string of the molecule is CCCOC(=O)c1ccc(NC(=O)CSc2nnc(-c3ccc(C)cc3)o2)cc1. The Kier molecular flexibility index (Phi) is 7.02. The van der Waals surface area contributed by atoms with Gasteiger partial charge in [0.2, 0.25) is 11.8 Å². The lowest BCUT2D eigenvalue weighted by atomic mass is 10.1. The number of hydrogen-bond acceptors (Lipinski definition) is 7. The first-order valence-electron chi connectivity index (χ1n) is 9.15. The Labute approximate surface area is 172 Å². The van der Waals surface area contributed by atoms with Gasteiger partial charge < -0.3 is 14.5 Å². The van der Waals surface area contributed by atoms with Gasteiger partial charge in [0.1, 0.15) is 0 Å². The predicted molar refractivity (Wildman–Crippen MR) is 111 cm³/mol. The van der Waals surface area contributed by atoms with E-state index in [1.54, 1.807) is 24.3 Å². The van der Waals surface area contributed by atoms with Crippen LogP contribution in [0.5, 0.6) is 0 Å². The number of carbonyl (C=O) groups excluding carboxylic acids is 2. The van der Waals surface area contributed by atoms with Crippen molar-refractivity contribution in [2.45, 2.75) is 25.5 Å².